The zero-order chi connectivity index (χ0) is 15.3. The average molecular weight is 297 g/mol. The summed E-state index contributed by atoms with van der Waals surface area (Å²) in [5, 5.41) is 22.6. The molecule has 0 radical (unpaired) electrons. The van der Waals surface area contributed by atoms with Crippen LogP contribution in [0.4, 0.5) is 11.4 Å². The van der Waals surface area contributed by atoms with Gasteiger partial charge in [-0.25, -0.2) is 8.42 Å². The molecule has 1 aromatic rings. The third-order valence-corrected chi connectivity index (χ3v) is 3.62. The molecule has 1 unspecified atom stereocenters. The SMILES string of the molecule is CC(CCS(C)(=O)=O)Nc1ccc(C#N)cc1[N+](=O)[O-]. The first kappa shape index (κ1) is 15.9. The number of nitriles is 1. The Balaban J connectivity index is 2.87. The maximum atomic E-state index is 11.1. The van der Waals surface area contributed by atoms with Gasteiger partial charge in [0.05, 0.1) is 22.3 Å². The van der Waals surface area contributed by atoms with Gasteiger partial charge in [0.2, 0.25) is 0 Å². The minimum Gasteiger partial charge on any atom is -0.377 e. The highest BCUT2D eigenvalue weighted by Crippen LogP contribution is 2.26. The Morgan fingerprint density at radius 2 is 2.15 bits per heavy atom. The molecule has 0 heterocycles. The first-order valence-electron chi connectivity index (χ1n) is 5.85. The van der Waals surface area contributed by atoms with Crippen molar-refractivity contribution in [1.82, 2.24) is 0 Å². The predicted molar refractivity (Wildman–Crippen MR) is 75.2 cm³/mol. The molecule has 0 spiro atoms. The van der Waals surface area contributed by atoms with Crippen molar-refractivity contribution in [3.8, 4) is 6.07 Å². The molecule has 1 aromatic carbocycles. The van der Waals surface area contributed by atoms with E-state index in [0.717, 1.165) is 6.26 Å². The predicted octanol–water partition coefficient (Wildman–Crippen LogP) is 1.70. The quantitative estimate of drug-likeness (QED) is 0.631. The first-order chi connectivity index (χ1) is 9.23. The average Bonchev–Trinajstić information content (AvgIpc) is 2.35. The molecule has 0 saturated carbocycles. The topological polar surface area (TPSA) is 113 Å². The van der Waals surface area contributed by atoms with Crippen LogP contribution in [0.25, 0.3) is 0 Å². The second kappa shape index (κ2) is 6.34. The van der Waals surface area contributed by atoms with Crippen LogP contribution in [0.1, 0.15) is 18.9 Å². The summed E-state index contributed by atoms with van der Waals surface area (Å²) in [5.74, 6) is 0.00520. The summed E-state index contributed by atoms with van der Waals surface area (Å²) < 4.78 is 22.1. The van der Waals surface area contributed by atoms with Gasteiger partial charge in [0.15, 0.2) is 0 Å². The van der Waals surface area contributed by atoms with Crippen LogP contribution in [-0.2, 0) is 9.84 Å². The van der Waals surface area contributed by atoms with Crippen LogP contribution in [0.15, 0.2) is 18.2 Å². The first-order valence-corrected chi connectivity index (χ1v) is 7.92. The summed E-state index contributed by atoms with van der Waals surface area (Å²) in [6.07, 6.45) is 1.49. The Morgan fingerprint density at radius 3 is 2.65 bits per heavy atom. The van der Waals surface area contributed by atoms with E-state index in [2.05, 4.69) is 5.32 Å². The summed E-state index contributed by atoms with van der Waals surface area (Å²) >= 11 is 0. The van der Waals surface area contributed by atoms with Gasteiger partial charge in [-0.1, -0.05) is 0 Å². The van der Waals surface area contributed by atoms with Crippen molar-refractivity contribution in [2.75, 3.05) is 17.3 Å². The molecule has 7 nitrogen and oxygen atoms in total. The van der Waals surface area contributed by atoms with Gasteiger partial charge in [-0.3, -0.25) is 10.1 Å². The Labute approximate surface area is 117 Å². The lowest BCUT2D eigenvalue weighted by molar-refractivity contribution is -0.384. The minimum absolute atomic E-state index is 0.00520. The van der Waals surface area contributed by atoms with Crippen LogP contribution >= 0.6 is 0 Å². The van der Waals surface area contributed by atoms with Crippen molar-refractivity contribution in [2.24, 2.45) is 0 Å². The smallest absolute Gasteiger partial charge is 0.293 e. The highest BCUT2D eigenvalue weighted by Gasteiger charge is 2.17. The standard InChI is InChI=1S/C12H15N3O4S/c1-9(5-6-20(2,18)19)14-11-4-3-10(8-13)7-12(11)15(16)17/h3-4,7,9,14H,5-6H2,1-2H3. The number of sulfone groups is 1. The van der Waals surface area contributed by atoms with Crippen molar-refractivity contribution in [2.45, 2.75) is 19.4 Å². The molecule has 0 bridgehead atoms. The van der Waals surface area contributed by atoms with Crippen LogP contribution in [0.3, 0.4) is 0 Å². The molecular formula is C12H15N3O4S. The Morgan fingerprint density at radius 1 is 1.50 bits per heavy atom. The lowest BCUT2D eigenvalue weighted by Crippen LogP contribution is -2.20. The van der Waals surface area contributed by atoms with Gasteiger partial charge in [0, 0.05) is 18.4 Å². The summed E-state index contributed by atoms with van der Waals surface area (Å²) in [4.78, 5) is 10.4. The second-order valence-corrected chi connectivity index (χ2v) is 6.82. The van der Waals surface area contributed by atoms with Crippen molar-refractivity contribution in [1.29, 1.82) is 5.26 Å². The third-order valence-electron chi connectivity index (χ3n) is 2.65. The summed E-state index contributed by atoms with van der Waals surface area (Å²) in [7, 11) is -3.07. The van der Waals surface area contributed by atoms with E-state index in [1.54, 1.807) is 6.92 Å². The van der Waals surface area contributed by atoms with Crippen molar-refractivity contribution in [3.63, 3.8) is 0 Å². The molecule has 0 amide bonds. The van der Waals surface area contributed by atoms with Gasteiger partial charge >= 0.3 is 0 Å². The van der Waals surface area contributed by atoms with E-state index in [0.29, 0.717) is 6.42 Å². The molecule has 1 atom stereocenters. The Kier molecular flexibility index (Phi) is 5.05. The van der Waals surface area contributed by atoms with Crippen molar-refractivity contribution in [3.05, 3.63) is 33.9 Å². The fourth-order valence-corrected chi connectivity index (χ4v) is 2.38. The molecule has 0 aliphatic rings. The number of nitrogens with zero attached hydrogens (tertiary/aromatic N) is 2. The third kappa shape index (κ3) is 4.85. The van der Waals surface area contributed by atoms with Gasteiger partial charge in [-0.15, -0.1) is 0 Å². The summed E-state index contributed by atoms with van der Waals surface area (Å²) in [5.41, 5.74) is 0.274. The van der Waals surface area contributed by atoms with Crippen LogP contribution in [0, 0.1) is 21.4 Å². The second-order valence-electron chi connectivity index (χ2n) is 4.56. The van der Waals surface area contributed by atoms with E-state index < -0.39 is 14.8 Å². The van der Waals surface area contributed by atoms with Crippen LogP contribution in [-0.4, -0.2) is 31.4 Å². The fourth-order valence-electron chi connectivity index (χ4n) is 1.60. The van der Waals surface area contributed by atoms with Gasteiger partial charge < -0.3 is 5.32 Å². The molecule has 1 rings (SSSR count). The van der Waals surface area contributed by atoms with Crippen LogP contribution in [0.2, 0.25) is 0 Å². The molecule has 0 aliphatic heterocycles. The number of anilines is 1. The highest BCUT2D eigenvalue weighted by atomic mass is 32.2. The lowest BCUT2D eigenvalue weighted by atomic mass is 10.1. The van der Waals surface area contributed by atoms with Gasteiger partial charge in [0.1, 0.15) is 15.5 Å². The van der Waals surface area contributed by atoms with Gasteiger partial charge in [0.25, 0.3) is 5.69 Å². The Bertz CT molecular complexity index is 649. The monoisotopic (exact) mass is 297 g/mol. The van der Waals surface area contributed by atoms with E-state index in [-0.39, 0.29) is 28.7 Å². The number of nitrogens with one attached hydrogen (secondary N) is 1. The maximum Gasteiger partial charge on any atom is 0.293 e. The van der Waals surface area contributed by atoms with Crippen molar-refractivity contribution < 1.29 is 13.3 Å². The summed E-state index contributed by atoms with van der Waals surface area (Å²) in [6, 6.07) is 5.71. The maximum absolute atomic E-state index is 11.1. The molecule has 0 fully saturated rings. The Hall–Kier alpha value is -2.14. The van der Waals surface area contributed by atoms with Gasteiger partial charge in [-0.2, -0.15) is 5.26 Å². The number of nitro groups is 1. The molecule has 8 heteroatoms. The summed E-state index contributed by atoms with van der Waals surface area (Å²) in [6.45, 7) is 1.74. The van der Waals surface area contributed by atoms with Gasteiger partial charge in [-0.05, 0) is 25.5 Å². The van der Waals surface area contributed by atoms with Crippen LogP contribution < -0.4 is 5.32 Å². The minimum atomic E-state index is -3.07. The van der Waals surface area contributed by atoms with Crippen molar-refractivity contribution >= 4 is 21.2 Å². The molecule has 20 heavy (non-hydrogen) atoms. The normalized spacial score (nSPS) is 12.4. The van der Waals surface area contributed by atoms with E-state index in [1.807, 2.05) is 6.07 Å². The highest BCUT2D eigenvalue weighted by molar-refractivity contribution is 7.90. The van der Waals surface area contributed by atoms with E-state index >= 15 is 0 Å². The number of rotatable bonds is 6. The van der Waals surface area contributed by atoms with E-state index in [1.165, 1.54) is 18.2 Å². The molecule has 0 saturated heterocycles. The number of hydrogen-bond donors (Lipinski definition) is 1. The molecule has 1 N–H and O–H groups in total. The fraction of sp³-hybridized carbons (Fsp3) is 0.417. The van der Waals surface area contributed by atoms with E-state index in [4.69, 9.17) is 5.26 Å². The number of nitro benzene ring substituents is 1. The van der Waals surface area contributed by atoms with Crippen LogP contribution in [0.5, 0.6) is 0 Å². The number of benzene rings is 1. The zero-order valence-corrected chi connectivity index (χ0v) is 12.0. The zero-order valence-electron chi connectivity index (χ0n) is 11.2. The largest absolute Gasteiger partial charge is 0.377 e. The molecule has 0 aromatic heterocycles. The molecule has 108 valence electrons. The molecule has 0 aliphatic carbocycles. The number of hydrogen-bond acceptors (Lipinski definition) is 6. The van der Waals surface area contributed by atoms with E-state index in [9.17, 15) is 18.5 Å². The lowest BCUT2D eigenvalue weighted by Gasteiger charge is -2.14. The molecular weight excluding hydrogens is 282 g/mol.